The number of benzene rings is 3. The van der Waals surface area contributed by atoms with Crippen molar-refractivity contribution in [1.82, 2.24) is 15.1 Å². The third kappa shape index (κ3) is 9.10. The molecule has 300 valence electrons. The summed E-state index contributed by atoms with van der Waals surface area (Å²) in [7, 11) is 0. The summed E-state index contributed by atoms with van der Waals surface area (Å²) >= 11 is 1.29. The van der Waals surface area contributed by atoms with Crippen LogP contribution in [0.15, 0.2) is 83.4 Å². The van der Waals surface area contributed by atoms with Gasteiger partial charge in [0.05, 0.1) is 34.0 Å². The number of ether oxygens (including phenoxy) is 3. The van der Waals surface area contributed by atoms with E-state index in [1.54, 1.807) is 24.3 Å². The van der Waals surface area contributed by atoms with Crippen LogP contribution in [-0.2, 0) is 38.8 Å². The van der Waals surface area contributed by atoms with Crippen molar-refractivity contribution in [3.8, 4) is 5.75 Å². The van der Waals surface area contributed by atoms with Crippen molar-refractivity contribution in [3.05, 3.63) is 120 Å². The number of rotatable bonds is 15. The van der Waals surface area contributed by atoms with E-state index in [4.69, 9.17) is 14.2 Å². The summed E-state index contributed by atoms with van der Waals surface area (Å²) in [6.07, 6.45) is -1.90. The van der Waals surface area contributed by atoms with Crippen LogP contribution in [-0.4, -0.2) is 90.5 Å². The minimum absolute atomic E-state index is 0.0496. The molecule has 2 fully saturated rings. The predicted octanol–water partition coefficient (Wildman–Crippen LogP) is 4.97. The van der Waals surface area contributed by atoms with Crippen molar-refractivity contribution >= 4 is 47.2 Å². The zero-order chi connectivity index (χ0) is 41.0. The number of carboxylic acids is 1. The first-order valence-corrected chi connectivity index (χ1v) is 18.8. The monoisotopic (exact) mass is 805 g/mol. The highest BCUT2D eigenvalue weighted by atomic mass is 32.2. The van der Waals surface area contributed by atoms with Crippen molar-refractivity contribution in [1.29, 1.82) is 0 Å². The fourth-order valence-electron chi connectivity index (χ4n) is 7.12. The number of aliphatic carboxylic acids is 1. The molecule has 0 bridgehead atoms. The molecule has 0 aromatic heterocycles. The second kappa shape index (κ2) is 17.3. The van der Waals surface area contributed by atoms with Crippen molar-refractivity contribution in [2.45, 2.75) is 63.5 Å². The summed E-state index contributed by atoms with van der Waals surface area (Å²) in [6.45, 7) is 3.48. The Kier molecular flexibility index (Phi) is 12.3. The standard InChI is InChI=1S/C38H39N5O13S/c1-21-32-31(22(2)44)35(45)41(32)33(36(46)47)34(21)57-30-15-28(40(17-30)38(49)56-19-25-5-11-27(12-6-25)43(52)53)20-54-29-13-7-23(8-14-29)16-39-37(48)55-18-24-3-9-26(10-4-24)42(50)51/h3-14,21-22,28,30-32,44H,15-20H2,1-2H3,(H,39,48)(H,46,47)/t21-,22-,28+,30+,31-,32-/m1/s1. The van der Waals surface area contributed by atoms with E-state index in [0.29, 0.717) is 28.2 Å². The van der Waals surface area contributed by atoms with E-state index in [1.165, 1.54) is 77.0 Å². The Bertz CT molecular complexity index is 2060. The molecule has 0 unspecified atom stereocenters. The molecule has 3 amide bonds. The number of carbonyl (C=O) groups is 4. The first kappa shape index (κ1) is 40.5. The molecule has 2 saturated heterocycles. The molecular formula is C38H39N5O13S. The fourth-order valence-corrected chi connectivity index (χ4v) is 8.69. The van der Waals surface area contributed by atoms with Gasteiger partial charge in [-0.3, -0.25) is 25.0 Å². The third-order valence-corrected chi connectivity index (χ3v) is 11.5. The number of aliphatic hydroxyl groups is 1. The molecule has 3 aromatic rings. The maximum absolute atomic E-state index is 13.5. The lowest BCUT2D eigenvalue weighted by molar-refractivity contribution is -0.385. The molecule has 6 rings (SSSR count). The highest BCUT2D eigenvalue weighted by Crippen LogP contribution is 2.52. The number of non-ortho nitro benzene ring substituents is 2. The Morgan fingerprint density at radius 3 is 2.02 bits per heavy atom. The van der Waals surface area contributed by atoms with Crippen LogP contribution >= 0.6 is 11.8 Å². The summed E-state index contributed by atoms with van der Waals surface area (Å²) < 4.78 is 16.9. The summed E-state index contributed by atoms with van der Waals surface area (Å²) in [6, 6.07) is 17.1. The normalized spacial score (nSPS) is 21.7. The van der Waals surface area contributed by atoms with Crippen LogP contribution in [0.2, 0.25) is 0 Å². The lowest BCUT2D eigenvalue weighted by atomic mass is 9.79. The third-order valence-electron chi connectivity index (χ3n) is 10.0. The number of amides is 3. The van der Waals surface area contributed by atoms with Crippen LogP contribution in [0.25, 0.3) is 0 Å². The van der Waals surface area contributed by atoms with Crippen LogP contribution in [0.4, 0.5) is 21.0 Å². The van der Waals surface area contributed by atoms with Crippen molar-refractivity contribution < 1.29 is 53.4 Å². The maximum Gasteiger partial charge on any atom is 0.410 e. The Hall–Kier alpha value is -6.21. The molecule has 0 radical (unpaired) electrons. The van der Waals surface area contributed by atoms with Gasteiger partial charge in [0, 0.05) is 53.4 Å². The van der Waals surface area contributed by atoms with E-state index >= 15 is 0 Å². The average Bonchev–Trinajstić information content (AvgIpc) is 3.70. The maximum atomic E-state index is 13.5. The first-order chi connectivity index (χ1) is 27.2. The lowest BCUT2D eigenvalue weighted by Gasteiger charge is -2.46. The predicted molar refractivity (Wildman–Crippen MR) is 201 cm³/mol. The second-order valence-electron chi connectivity index (χ2n) is 13.8. The minimum atomic E-state index is -1.25. The number of nitro benzene ring substituents is 2. The van der Waals surface area contributed by atoms with Gasteiger partial charge in [-0.1, -0.05) is 19.1 Å². The second-order valence-corrected chi connectivity index (χ2v) is 15.2. The lowest BCUT2D eigenvalue weighted by Crippen LogP contribution is -2.63. The number of aliphatic hydroxyl groups excluding tert-OH is 1. The summed E-state index contributed by atoms with van der Waals surface area (Å²) in [5, 5.41) is 44.6. The Morgan fingerprint density at radius 2 is 1.47 bits per heavy atom. The molecule has 3 heterocycles. The molecule has 6 atom stereocenters. The number of nitrogens with one attached hydrogen (secondary N) is 1. The van der Waals surface area contributed by atoms with E-state index in [0.717, 1.165) is 5.56 Å². The van der Waals surface area contributed by atoms with Gasteiger partial charge in [0.15, 0.2) is 0 Å². The van der Waals surface area contributed by atoms with Crippen LogP contribution in [0, 0.1) is 32.1 Å². The number of carboxylic acid groups (broad SMARTS) is 1. The number of carbonyl (C=O) groups excluding carboxylic acids is 3. The van der Waals surface area contributed by atoms with E-state index in [2.05, 4.69) is 5.32 Å². The largest absolute Gasteiger partial charge is 0.491 e. The number of likely N-dealkylation sites (tertiary alicyclic amines) is 1. The van der Waals surface area contributed by atoms with Gasteiger partial charge in [0.25, 0.3) is 11.4 Å². The van der Waals surface area contributed by atoms with E-state index < -0.39 is 58.0 Å². The van der Waals surface area contributed by atoms with Crippen molar-refractivity contribution in [3.63, 3.8) is 0 Å². The number of fused-ring (bicyclic) bond motifs is 1. The quantitative estimate of drug-likeness (QED) is 0.104. The summed E-state index contributed by atoms with van der Waals surface area (Å²) in [4.78, 5) is 75.1. The van der Waals surface area contributed by atoms with Gasteiger partial charge in [-0.2, -0.15) is 0 Å². The SMILES string of the molecule is C[C@@H](O)[C@H]1C(=O)N2C(C(=O)O)=C(S[C@H]3C[C@@H](COc4ccc(CNC(=O)OCc5ccc([N+](=O)[O-])cc5)cc4)N(C(=O)OCc4ccc([N+](=O)[O-])cc4)C3)[C@H](C)[C@H]12. The topological polar surface area (TPSA) is 241 Å². The van der Waals surface area contributed by atoms with Gasteiger partial charge in [-0.25, -0.2) is 14.4 Å². The summed E-state index contributed by atoms with van der Waals surface area (Å²) in [5.41, 5.74) is 1.57. The summed E-state index contributed by atoms with van der Waals surface area (Å²) in [5.74, 6) is -2.29. The average molecular weight is 806 g/mol. The van der Waals surface area contributed by atoms with Crippen LogP contribution in [0.3, 0.4) is 0 Å². The number of β-lactam (4-membered cyclic amide) rings is 1. The van der Waals surface area contributed by atoms with Crippen LogP contribution in [0.1, 0.15) is 37.0 Å². The van der Waals surface area contributed by atoms with Crippen LogP contribution < -0.4 is 10.1 Å². The number of hydrogen-bond acceptors (Lipinski definition) is 13. The molecule has 18 nitrogen and oxygen atoms in total. The number of hydrogen-bond donors (Lipinski definition) is 3. The highest BCUT2D eigenvalue weighted by molar-refractivity contribution is 8.03. The van der Waals surface area contributed by atoms with Gasteiger partial charge in [0.2, 0.25) is 5.91 Å². The molecule has 0 spiro atoms. The van der Waals surface area contributed by atoms with Crippen molar-refractivity contribution in [2.75, 3.05) is 13.2 Å². The fraction of sp³-hybridized carbons (Fsp3) is 0.368. The molecule has 3 aliphatic rings. The molecule has 19 heteroatoms. The Balaban J connectivity index is 1.08. The number of nitro groups is 2. The van der Waals surface area contributed by atoms with E-state index in [1.807, 2.05) is 6.92 Å². The first-order valence-electron chi connectivity index (χ1n) is 17.9. The van der Waals surface area contributed by atoms with E-state index in [-0.39, 0.29) is 61.1 Å². The Labute approximate surface area is 329 Å². The molecule has 3 N–H and O–H groups in total. The minimum Gasteiger partial charge on any atom is -0.491 e. The van der Waals surface area contributed by atoms with Crippen LogP contribution in [0.5, 0.6) is 5.75 Å². The molecular weight excluding hydrogens is 767 g/mol. The molecule has 0 saturated carbocycles. The molecule has 0 aliphatic carbocycles. The van der Waals surface area contributed by atoms with Gasteiger partial charge in [0.1, 0.15) is 31.3 Å². The molecule has 3 aromatic carbocycles. The number of alkyl carbamates (subject to hydrolysis) is 1. The van der Waals surface area contributed by atoms with Crippen molar-refractivity contribution in [2.24, 2.45) is 11.8 Å². The van der Waals surface area contributed by atoms with Gasteiger partial charge >= 0.3 is 18.2 Å². The van der Waals surface area contributed by atoms with Gasteiger partial charge in [-0.15, -0.1) is 11.8 Å². The zero-order valence-corrected chi connectivity index (χ0v) is 31.5. The zero-order valence-electron chi connectivity index (χ0n) is 30.7. The number of nitrogens with zero attached hydrogens (tertiary/aromatic N) is 4. The smallest absolute Gasteiger partial charge is 0.410 e. The molecule has 3 aliphatic heterocycles. The van der Waals surface area contributed by atoms with Gasteiger partial charge in [-0.05, 0) is 66.4 Å². The van der Waals surface area contributed by atoms with Gasteiger partial charge < -0.3 is 39.5 Å². The molecule has 57 heavy (non-hydrogen) atoms. The highest BCUT2D eigenvalue weighted by Gasteiger charge is 2.60. The Morgan fingerprint density at radius 1 is 0.912 bits per heavy atom. The number of thioether (sulfide) groups is 1. The van der Waals surface area contributed by atoms with E-state index in [9.17, 15) is 49.6 Å².